The molecular weight excluding hydrogens is 164 g/mol. The molecule has 0 fully saturated rings. The first-order valence-electron chi connectivity index (χ1n) is 4.52. The van der Waals surface area contributed by atoms with Crippen LogP contribution in [0.2, 0.25) is 0 Å². The number of hydrogen-bond donors (Lipinski definition) is 0. The lowest BCUT2D eigenvalue weighted by molar-refractivity contribution is 0.367. The molecule has 0 aliphatic carbocycles. The number of hydrogen-bond acceptors (Lipinski definition) is 1. The monoisotopic (exact) mass is 180 g/mol. The summed E-state index contributed by atoms with van der Waals surface area (Å²) in [5.41, 5.74) is 1.41. The van der Waals surface area contributed by atoms with Gasteiger partial charge >= 0.3 is 0 Å². The summed E-state index contributed by atoms with van der Waals surface area (Å²) < 4.78 is 5.43. The summed E-state index contributed by atoms with van der Waals surface area (Å²) in [4.78, 5) is 0. The van der Waals surface area contributed by atoms with Gasteiger partial charge in [-0.25, -0.2) is 0 Å². The van der Waals surface area contributed by atoms with E-state index in [-0.39, 0.29) is 0 Å². The van der Waals surface area contributed by atoms with Crippen molar-refractivity contribution in [1.29, 1.82) is 0 Å². The van der Waals surface area contributed by atoms with Gasteiger partial charge in [-0.2, -0.15) is 0 Å². The zero-order valence-corrected chi connectivity index (χ0v) is 9.25. The topological polar surface area (TPSA) is 9.23 Å². The molecule has 12 heavy (non-hydrogen) atoms. The fourth-order valence-corrected chi connectivity index (χ4v) is 1.96. The quantitative estimate of drug-likeness (QED) is 0.628. The molecule has 66 valence electrons. The van der Waals surface area contributed by atoms with Crippen LogP contribution >= 0.6 is 0 Å². The summed E-state index contributed by atoms with van der Waals surface area (Å²) in [5.74, 6) is 0. The Balaban J connectivity index is 2.53. The van der Waals surface area contributed by atoms with Crippen molar-refractivity contribution in [2.24, 2.45) is 0 Å². The largest absolute Gasteiger partial charge is 0.419 e. The second-order valence-electron chi connectivity index (χ2n) is 2.81. The standard InChI is InChI=1S/C10H16OSi/c1-3-9-5-7-10(8-6-9)12-11-4-2/h5-8H,3-4,12H2,1-2H3. The summed E-state index contributed by atoms with van der Waals surface area (Å²) >= 11 is 0. The minimum absolute atomic E-state index is 0.435. The summed E-state index contributed by atoms with van der Waals surface area (Å²) in [6.07, 6.45) is 1.12. The van der Waals surface area contributed by atoms with E-state index in [1.807, 2.05) is 6.92 Å². The highest BCUT2D eigenvalue weighted by molar-refractivity contribution is 6.46. The molecule has 0 saturated carbocycles. The molecule has 0 N–H and O–H groups in total. The summed E-state index contributed by atoms with van der Waals surface area (Å²) in [6, 6.07) is 8.78. The molecule has 2 heteroatoms. The first-order valence-corrected chi connectivity index (χ1v) is 5.80. The summed E-state index contributed by atoms with van der Waals surface area (Å²) in [7, 11) is -0.435. The Hall–Kier alpha value is -0.603. The maximum atomic E-state index is 5.43. The number of benzene rings is 1. The van der Waals surface area contributed by atoms with Crippen molar-refractivity contribution in [3.05, 3.63) is 29.8 Å². The molecule has 0 saturated heterocycles. The molecule has 0 bridgehead atoms. The Bertz CT molecular complexity index is 218. The minimum atomic E-state index is -0.435. The number of rotatable bonds is 4. The van der Waals surface area contributed by atoms with Gasteiger partial charge in [0.2, 0.25) is 0 Å². The van der Waals surface area contributed by atoms with Crippen LogP contribution in [0.25, 0.3) is 0 Å². The Morgan fingerprint density at radius 2 is 1.83 bits per heavy atom. The third-order valence-corrected chi connectivity index (χ3v) is 3.32. The summed E-state index contributed by atoms with van der Waals surface area (Å²) in [5, 5.41) is 1.40. The van der Waals surface area contributed by atoms with E-state index in [2.05, 4.69) is 31.2 Å². The molecule has 0 aliphatic heterocycles. The Morgan fingerprint density at radius 1 is 1.17 bits per heavy atom. The van der Waals surface area contributed by atoms with Crippen molar-refractivity contribution in [1.82, 2.24) is 0 Å². The van der Waals surface area contributed by atoms with E-state index >= 15 is 0 Å². The van der Waals surface area contributed by atoms with Crippen LogP contribution in [0.15, 0.2) is 24.3 Å². The first-order chi connectivity index (χ1) is 5.86. The smallest absolute Gasteiger partial charge is 0.192 e. The lowest BCUT2D eigenvalue weighted by atomic mass is 10.2. The maximum absolute atomic E-state index is 5.43. The second-order valence-corrected chi connectivity index (χ2v) is 4.32. The van der Waals surface area contributed by atoms with E-state index in [1.54, 1.807) is 0 Å². The van der Waals surface area contributed by atoms with Gasteiger partial charge in [-0.05, 0) is 24.1 Å². The van der Waals surface area contributed by atoms with Gasteiger partial charge in [0.15, 0.2) is 9.76 Å². The highest BCUT2D eigenvalue weighted by Gasteiger charge is 1.93. The van der Waals surface area contributed by atoms with Crippen molar-refractivity contribution in [2.45, 2.75) is 20.3 Å². The van der Waals surface area contributed by atoms with Crippen molar-refractivity contribution in [3.63, 3.8) is 0 Å². The van der Waals surface area contributed by atoms with Gasteiger partial charge < -0.3 is 4.43 Å². The lowest BCUT2D eigenvalue weighted by Gasteiger charge is -2.01. The molecule has 0 amide bonds. The molecule has 0 heterocycles. The minimum Gasteiger partial charge on any atom is -0.419 e. The molecule has 0 spiro atoms. The van der Waals surface area contributed by atoms with Crippen LogP contribution in [0.4, 0.5) is 0 Å². The van der Waals surface area contributed by atoms with Gasteiger partial charge in [-0.3, -0.25) is 0 Å². The van der Waals surface area contributed by atoms with Crippen LogP contribution in [-0.2, 0) is 10.8 Å². The molecule has 1 nitrogen and oxygen atoms in total. The van der Waals surface area contributed by atoms with Crippen molar-refractivity contribution < 1.29 is 4.43 Å². The Kier molecular flexibility index (Phi) is 4.04. The van der Waals surface area contributed by atoms with Crippen molar-refractivity contribution in [3.8, 4) is 0 Å². The van der Waals surface area contributed by atoms with Gasteiger partial charge in [-0.15, -0.1) is 0 Å². The maximum Gasteiger partial charge on any atom is 0.192 e. The van der Waals surface area contributed by atoms with E-state index in [1.165, 1.54) is 10.8 Å². The average molecular weight is 180 g/mol. The molecule has 1 aromatic rings. The second kappa shape index (κ2) is 5.12. The van der Waals surface area contributed by atoms with Gasteiger partial charge in [-0.1, -0.05) is 31.2 Å². The van der Waals surface area contributed by atoms with Crippen LogP contribution in [0.3, 0.4) is 0 Å². The highest BCUT2D eigenvalue weighted by Crippen LogP contribution is 1.96. The first kappa shape index (κ1) is 9.48. The fourth-order valence-electron chi connectivity index (χ4n) is 1.09. The molecule has 0 atom stereocenters. The summed E-state index contributed by atoms with van der Waals surface area (Å²) in [6.45, 7) is 5.07. The molecule has 0 aromatic heterocycles. The Labute approximate surface area is 76.7 Å². The van der Waals surface area contributed by atoms with Crippen LogP contribution in [-0.4, -0.2) is 16.4 Å². The van der Waals surface area contributed by atoms with Crippen LogP contribution in [0.5, 0.6) is 0 Å². The van der Waals surface area contributed by atoms with Gasteiger partial charge in [0.1, 0.15) is 0 Å². The van der Waals surface area contributed by atoms with E-state index in [4.69, 9.17) is 4.43 Å². The normalized spacial score (nSPS) is 11.2. The van der Waals surface area contributed by atoms with Crippen LogP contribution < -0.4 is 5.19 Å². The SMILES string of the molecule is CCO[SiH2]c1ccc(CC)cc1. The predicted molar refractivity (Wildman–Crippen MR) is 55.6 cm³/mol. The highest BCUT2D eigenvalue weighted by atomic mass is 28.2. The third kappa shape index (κ3) is 2.79. The zero-order valence-electron chi connectivity index (χ0n) is 7.84. The zero-order chi connectivity index (χ0) is 8.81. The van der Waals surface area contributed by atoms with Crippen LogP contribution in [0.1, 0.15) is 19.4 Å². The molecule has 0 unspecified atom stereocenters. The van der Waals surface area contributed by atoms with Crippen LogP contribution in [0, 0.1) is 0 Å². The average Bonchev–Trinajstić information content (AvgIpc) is 2.15. The van der Waals surface area contributed by atoms with Crippen molar-refractivity contribution >= 4 is 14.9 Å². The van der Waals surface area contributed by atoms with Crippen molar-refractivity contribution in [2.75, 3.05) is 6.61 Å². The third-order valence-electron chi connectivity index (χ3n) is 1.90. The molecule has 1 rings (SSSR count). The number of aryl methyl sites for hydroxylation is 1. The molecule has 0 radical (unpaired) electrons. The van der Waals surface area contributed by atoms with E-state index in [9.17, 15) is 0 Å². The Morgan fingerprint density at radius 3 is 2.33 bits per heavy atom. The van der Waals surface area contributed by atoms with Gasteiger partial charge in [0, 0.05) is 6.61 Å². The van der Waals surface area contributed by atoms with E-state index < -0.39 is 9.76 Å². The predicted octanol–water partition coefficient (Wildman–Crippen LogP) is 0.995. The van der Waals surface area contributed by atoms with Gasteiger partial charge in [0.05, 0.1) is 0 Å². The fraction of sp³-hybridized carbons (Fsp3) is 0.400. The molecular formula is C10H16OSi. The van der Waals surface area contributed by atoms with Gasteiger partial charge in [0.25, 0.3) is 0 Å². The molecule has 1 aromatic carbocycles. The van der Waals surface area contributed by atoms with E-state index in [0.29, 0.717) is 0 Å². The lowest BCUT2D eigenvalue weighted by Crippen LogP contribution is -2.16. The molecule has 0 aliphatic rings. The van der Waals surface area contributed by atoms with E-state index in [0.717, 1.165) is 13.0 Å².